The van der Waals surface area contributed by atoms with Gasteiger partial charge in [0, 0.05) is 11.4 Å². The van der Waals surface area contributed by atoms with E-state index in [2.05, 4.69) is 6.07 Å². The van der Waals surface area contributed by atoms with Crippen molar-refractivity contribution in [1.82, 2.24) is 0 Å². The fourth-order valence-electron chi connectivity index (χ4n) is 1.06. The first-order valence-electron chi connectivity index (χ1n) is 3.95. The molecule has 0 unspecified atom stereocenters. The summed E-state index contributed by atoms with van der Waals surface area (Å²) in [6.07, 6.45) is 2.39. The zero-order valence-electron chi connectivity index (χ0n) is 6.76. The molecule has 0 saturated carbocycles. The lowest BCUT2D eigenvalue weighted by Gasteiger charge is -2.00. The molecule has 0 aromatic heterocycles. The average molecular weight is 180 g/mol. The van der Waals surface area contributed by atoms with Crippen LogP contribution in [0.2, 0.25) is 5.02 Å². The maximum absolute atomic E-state index is 8.33. The van der Waals surface area contributed by atoms with Gasteiger partial charge in [-0.2, -0.15) is 5.26 Å². The third-order valence-electron chi connectivity index (χ3n) is 1.69. The van der Waals surface area contributed by atoms with Crippen LogP contribution in [0.15, 0.2) is 24.3 Å². The number of hydrogen-bond donors (Lipinski definition) is 0. The molecule has 0 aliphatic rings. The highest BCUT2D eigenvalue weighted by atomic mass is 35.5. The Morgan fingerprint density at radius 1 is 1.33 bits per heavy atom. The van der Waals surface area contributed by atoms with Gasteiger partial charge in [-0.3, -0.25) is 0 Å². The molecule has 1 aromatic carbocycles. The predicted molar refractivity (Wildman–Crippen MR) is 50.0 cm³/mol. The maximum atomic E-state index is 8.33. The lowest BCUT2D eigenvalue weighted by atomic mass is 10.1. The molecule has 1 aromatic rings. The van der Waals surface area contributed by atoms with Gasteiger partial charge in [0.25, 0.3) is 0 Å². The Hall–Kier alpha value is -1.00. The van der Waals surface area contributed by atoms with Crippen LogP contribution in [-0.2, 0) is 6.42 Å². The van der Waals surface area contributed by atoms with Crippen molar-refractivity contribution in [2.75, 3.05) is 0 Å². The van der Waals surface area contributed by atoms with Crippen molar-refractivity contribution in [3.05, 3.63) is 34.9 Å². The third-order valence-corrected chi connectivity index (χ3v) is 2.06. The number of unbranched alkanes of at least 4 members (excludes halogenated alkanes) is 1. The van der Waals surface area contributed by atoms with Crippen LogP contribution in [0, 0.1) is 11.3 Å². The number of halogens is 1. The van der Waals surface area contributed by atoms with Crippen LogP contribution in [0.25, 0.3) is 0 Å². The van der Waals surface area contributed by atoms with Crippen LogP contribution in [0.4, 0.5) is 0 Å². The van der Waals surface area contributed by atoms with E-state index in [1.54, 1.807) is 0 Å². The molecule has 0 spiro atoms. The second-order valence-corrected chi connectivity index (χ2v) is 3.01. The molecule has 12 heavy (non-hydrogen) atoms. The van der Waals surface area contributed by atoms with Gasteiger partial charge in [0.2, 0.25) is 0 Å². The summed E-state index contributed by atoms with van der Waals surface area (Å²) in [5.74, 6) is 0. The van der Waals surface area contributed by atoms with Gasteiger partial charge in [-0.15, -0.1) is 0 Å². The van der Waals surface area contributed by atoms with E-state index < -0.39 is 0 Å². The summed E-state index contributed by atoms with van der Waals surface area (Å²) >= 11 is 5.92. The van der Waals surface area contributed by atoms with E-state index in [9.17, 15) is 0 Å². The van der Waals surface area contributed by atoms with Crippen molar-refractivity contribution >= 4 is 11.6 Å². The van der Waals surface area contributed by atoms with Gasteiger partial charge in [0.05, 0.1) is 6.07 Å². The zero-order valence-corrected chi connectivity index (χ0v) is 7.51. The Labute approximate surface area is 77.6 Å². The Bertz CT molecular complexity index is 288. The van der Waals surface area contributed by atoms with Crippen LogP contribution >= 0.6 is 11.6 Å². The number of hydrogen-bond acceptors (Lipinski definition) is 1. The molecule has 1 nitrogen and oxygen atoms in total. The predicted octanol–water partition coefficient (Wildman–Crippen LogP) is 3.19. The first-order chi connectivity index (χ1) is 5.84. The number of benzene rings is 1. The van der Waals surface area contributed by atoms with Crippen molar-refractivity contribution in [2.24, 2.45) is 0 Å². The SMILES string of the molecule is N#CCCCc1ccccc1Cl. The van der Waals surface area contributed by atoms with Crippen LogP contribution in [-0.4, -0.2) is 0 Å². The molecule has 0 N–H and O–H groups in total. The van der Waals surface area contributed by atoms with Gasteiger partial charge in [-0.25, -0.2) is 0 Å². The first-order valence-corrected chi connectivity index (χ1v) is 4.33. The number of nitrogens with zero attached hydrogens (tertiary/aromatic N) is 1. The molecule has 0 aliphatic heterocycles. The van der Waals surface area contributed by atoms with E-state index in [0.717, 1.165) is 23.4 Å². The fraction of sp³-hybridized carbons (Fsp3) is 0.300. The molecule has 0 heterocycles. The van der Waals surface area contributed by atoms with E-state index in [1.165, 1.54) is 0 Å². The molecule has 0 amide bonds. The zero-order chi connectivity index (χ0) is 8.81. The summed E-state index contributed by atoms with van der Waals surface area (Å²) < 4.78 is 0. The normalized spacial score (nSPS) is 9.33. The lowest BCUT2D eigenvalue weighted by molar-refractivity contribution is 0.851. The Morgan fingerprint density at radius 2 is 2.08 bits per heavy atom. The minimum atomic E-state index is 0.602. The summed E-state index contributed by atoms with van der Waals surface area (Å²) in [6.45, 7) is 0. The summed E-state index contributed by atoms with van der Waals surface area (Å²) in [7, 11) is 0. The lowest BCUT2D eigenvalue weighted by Crippen LogP contribution is -1.85. The third kappa shape index (κ3) is 2.56. The van der Waals surface area contributed by atoms with E-state index in [0.29, 0.717) is 6.42 Å². The Kier molecular flexibility index (Phi) is 3.63. The van der Waals surface area contributed by atoms with Gasteiger partial charge in [0.1, 0.15) is 0 Å². The van der Waals surface area contributed by atoms with Crippen LogP contribution in [0.3, 0.4) is 0 Å². The molecule has 62 valence electrons. The second-order valence-electron chi connectivity index (χ2n) is 2.60. The number of aryl methyl sites for hydroxylation is 1. The monoisotopic (exact) mass is 179 g/mol. The fourth-order valence-corrected chi connectivity index (χ4v) is 1.29. The highest BCUT2D eigenvalue weighted by molar-refractivity contribution is 6.31. The number of nitriles is 1. The molecule has 0 radical (unpaired) electrons. The molecule has 2 heteroatoms. The molecule has 0 fully saturated rings. The maximum Gasteiger partial charge on any atom is 0.0621 e. The molecule has 0 bridgehead atoms. The quantitative estimate of drug-likeness (QED) is 0.654. The molecular formula is C10H10ClN. The van der Waals surface area contributed by atoms with Gasteiger partial charge in [-0.1, -0.05) is 29.8 Å². The van der Waals surface area contributed by atoms with Crippen molar-refractivity contribution < 1.29 is 0 Å². The highest BCUT2D eigenvalue weighted by Crippen LogP contribution is 2.16. The van der Waals surface area contributed by atoms with Crippen LogP contribution < -0.4 is 0 Å². The van der Waals surface area contributed by atoms with Crippen molar-refractivity contribution in [2.45, 2.75) is 19.3 Å². The molecule has 0 aliphatic carbocycles. The number of rotatable bonds is 3. The highest BCUT2D eigenvalue weighted by Gasteiger charge is 1.97. The second kappa shape index (κ2) is 4.79. The smallest absolute Gasteiger partial charge is 0.0621 e. The minimum Gasteiger partial charge on any atom is -0.198 e. The largest absolute Gasteiger partial charge is 0.198 e. The van der Waals surface area contributed by atoms with E-state index in [1.807, 2.05) is 24.3 Å². The Morgan fingerprint density at radius 3 is 2.75 bits per heavy atom. The van der Waals surface area contributed by atoms with Crippen molar-refractivity contribution in [3.63, 3.8) is 0 Å². The summed E-state index contributed by atoms with van der Waals surface area (Å²) in [6, 6.07) is 9.87. The molecular weight excluding hydrogens is 170 g/mol. The summed E-state index contributed by atoms with van der Waals surface area (Å²) in [4.78, 5) is 0. The molecule has 1 rings (SSSR count). The van der Waals surface area contributed by atoms with Gasteiger partial charge in [-0.05, 0) is 24.5 Å². The first kappa shape index (κ1) is 9.09. The van der Waals surface area contributed by atoms with E-state index in [-0.39, 0.29) is 0 Å². The van der Waals surface area contributed by atoms with Gasteiger partial charge in [0.15, 0.2) is 0 Å². The van der Waals surface area contributed by atoms with Gasteiger partial charge >= 0.3 is 0 Å². The van der Waals surface area contributed by atoms with Crippen molar-refractivity contribution in [3.8, 4) is 6.07 Å². The van der Waals surface area contributed by atoms with E-state index in [4.69, 9.17) is 16.9 Å². The topological polar surface area (TPSA) is 23.8 Å². The van der Waals surface area contributed by atoms with Crippen LogP contribution in [0.1, 0.15) is 18.4 Å². The average Bonchev–Trinajstić information content (AvgIpc) is 2.09. The summed E-state index contributed by atoms with van der Waals surface area (Å²) in [5.41, 5.74) is 1.13. The standard InChI is InChI=1S/C10H10ClN/c11-10-7-2-1-5-9(10)6-3-4-8-12/h1-2,5,7H,3-4,6H2. The van der Waals surface area contributed by atoms with Gasteiger partial charge < -0.3 is 0 Å². The van der Waals surface area contributed by atoms with Crippen molar-refractivity contribution in [1.29, 1.82) is 5.26 Å². The minimum absolute atomic E-state index is 0.602. The molecule has 0 saturated heterocycles. The molecule has 0 atom stereocenters. The van der Waals surface area contributed by atoms with Crippen LogP contribution in [0.5, 0.6) is 0 Å². The van der Waals surface area contributed by atoms with E-state index >= 15 is 0 Å². The Balaban J connectivity index is 2.53. The summed E-state index contributed by atoms with van der Waals surface area (Å²) in [5, 5.41) is 9.13.